The number of rotatable bonds is 5. The second-order valence-electron chi connectivity index (χ2n) is 5.29. The van der Waals surface area contributed by atoms with Crippen molar-refractivity contribution < 1.29 is 14.3 Å². The molecule has 2 N–H and O–H groups in total. The molecule has 0 radical (unpaired) electrons. The molecule has 1 atom stereocenters. The van der Waals surface area contributed by atoms with Crippen LogP contribution in [0.1, 0.15) is 44.7 Å². The molecule has 1 unspecified atom stereocenters. The second-order valence-corrected chi connectivity index (χ2v) is 6.62. The van der Waals surface area contributed by atoms with Crippen LogP contribution in [0, 0.1) is 20.8 Å². The summed E-state index contributed by atoms with van der Waals surface area (Å²) in [6, 6.07) is 0. The highest BCUT2D eigenvalue weighted by atomic mass is 32.2. The summed E-state index contributed by atoms with van der Waals surface area (Å²) in [6.07, 6.45) is 0. The van der Waals surface area contributed by atoms with E-state index in [1.807, 2.05) is 0 Å². The van der Waals surface area contributed by atoms with Crippen molar-refractivity contribution in [2.24, 2.45) is 0 Å². The molecule has 0 amide bonds. The van der Waals surface area contributed by atoms with E-state index >= 15 is 0 Å². The van der Waals surface area contributed by atoms with Gasteiger partial charge >= 0.3 is 5.97 Å². The first-order valence-electron chi connectivity index (χ1n) is 7.18. The van der Waals surface area contributed by atoms with Gasteiger partial charge in [-0.2, -0.15) is 0 Å². The number of aromatic amines is 2. The van der Waals surface area contributed by atoms with Crippen LogP contribution in [-0.2, 0) is 4.74 Å². The van der Waals surface area contributed by atoms with Gasteiger partial charge in [-0.25, -0.2) is 4.79 Å². The van der Waals surface area contributed by atoms with Crippen molar-refractivity contribution in [3.8, 4) is 0 Å². The zero-order valence-corrected chi connectivity index (χ0v) is 14.8. The molecule has 2 aromatic heterocycles. The van der Waals surface area contributed by atoms with Crippen LogP contribution in [0.25, 0.3) is 0 Å². The molecule has 9 heteroatoms. The number of nitrogens with one attached hydrogen (secondary N) is 2. The number of hydrogen-bond acceptors (Lipinski definition) is 7. The number of carbonyl (C=O) groups excluding carboxylic acids is 2. The maximum atomic E-state index is 12.7. The minimum atomic E-state index is -0.528. The summed E-state index contributed by atoms with van der Waals surface area (Å²) in [5.41, 5.74) is 1.74. The van der Waals surface area contributed by atoms with E-state index in [9.17, 15) is 14.4 Å². The Hall–Kier alpha value is -2.42. The minimum absolute atomic E-state index is 0.209. The molecule has 8 nitrogen and oxygen atoms in total. The summed E-state index contributed by atoms with van der Waals surface area (Å²) in [5.74, 6) is -0.701. The smallest absolute Gasteiger partial charge is 0.339 e. The average Bonchev–Trinajstić information content (AvgIpc) is 2.84. The minimum Gasteiger partial charge on any atom is -0.465 e. The average molecular weight is 350 g/mol. The molecule has 2 rings (SSSR count). The Morgan fingerprint density at radius 3 is 2.42 bits per heavy atom. The zero-order chi connectivity index (χ0) is 18.0. The van der Waals surface area contributed by atoms with Gasteiger partial charge in [-0.3, -0.25) is 14.6 Å². The Morgan fingerprint density at radius 1 is 1.17 bits per heavy atom. The maximum absolute atomic E-state index is 12.7. The summed E-state index contributed by atoms with van der Waals surface area (Å²) in [6.45, 7) is 6.64. The molecule has 0 bridgehead atoms. The molecular weight excluding hydrogens is 332 g/mol. The molecular formula is C15H18N4O4S. The highest BCUT2D eigenvalue weighted by Crippen LogP contribution is 2.25. The van der Waals surface area contributed by atoms with Gasteiger partial charge in [-0.1, -0.05) is 11.8 Å². The molecule has 2 heterocycles. The number of nitrogens with zero attached hydrogens (tertiary/aromatic N) is 2. The van der Waals surface area contributed by atoms with Crippen molar-refractivity contribution in [2.45, 2.75) is 38.1 Å². The predicted octanol–water partition coefficient (Wildman–Crippen LogP) is 1.57. The molecule has 0 aliphatic rings. The molecule has 0 aliphatic carbocycles. The van der Waals surface area contributed by atoms with Gasteiger partial charge in [0.05, 0.1) is 23.6 Å². The quantitative estimate of drug-likeness (QED) is 0.477. The number of ketones is 1. The van der Waals surface area contributed by atoms with Gasteiger partial charge in [0.1, 0.15) is 5.69 Å². The van der Waals surface area contributed by atoms with Crippen LogP contribution in [0.4, 0.5) is 0 Å². The number of H-pyrrole nitrogens is 2. The number of hydrogen-bond donors (Lipinski definition) is 2. The van der Waals surface area contributed by atoms with Gasteiger partial charge in [0.25, 0.3) is 5.56 Å². The van der Waals surface area contributed by atoms with E-state index in [4.69, 9.17) is 4.74 Å². The first kappa shape index (κ1) is 17.9. The van der Waals surface area contributed by atoms with E-state index in [0.29, 0.717) is 22.5 Å². The molecule has 0 spiro atoms. The lowest BCUT2D eigenvalue weighted by Crippen LogP contribution is -2.19. The largest absolute Gasteiger partial charge is 0.465 e. The van der Waals surface area contributed by atoms with Crippen molar-refractivity contribution in [1.82, 2.24) is 20.2 Å². The molecule has 2 aromatic rings. The Balaban J connectivity index is 2.26. The van der Waals surface area contributed by atoms with Crippen molar-refractivity contribution in [1.29, 1.82) is 0 Å². The lowest BCUT2D eigenvalue weighted by atomic mass is 10.1. The highest BCUT2D eigenvalue weighted by molar-refractivity contribution is 8.00. The van der Waals surface area contributed by atoms with Crippen molar-refractivity contribution >= 4 is 23.5 Å². The molecule has 0 aliphatic heterocycles. The fraction of sp³-hybridized carbons (Fsp3) is 0.400. The van der Waals surface area contributed by atoms with Gasteiger partial charge in [0.15, 0.2) is 10.9 Å². The van der Waals surface area contributed by atoms with Gasteiger partial charge in [-0.05, 0) is 33.3 Å². The van der Waals surface area contributed by atoms with Crippen LogP contribution in [0.2, 0.25) is 0 Å². The summed E-state index contributed by atoms with van der Waals surface area (Å²) in [4.78, 5) is 41.5. The Bertz CT molecular complexity index is 856. The van der Waals surface area contributed by atoms with Crippen molar-refractivity contribution in [2.75, 3.05) is 7.11 Å². The zero-order valence-electron chi connectivity index (χ0n) is 14.0. The number of aryl methyl sites for hydroxylation is 2. The molecule has 0 aromatic carbocycles. The first-order valence-corrected chi connectivity index (χ1v) is 8.06. The summed E-state index contributed by atoms with van der Waals surface area (Å²) < 4.78 is 4.74. The third-order valence-corrected chi connectivity index (χ3v) is 4.55. The molecule has 128 valence electrons. The van der Waals surface area contributed by atoms with Gasteiger partial charge < -0.3 is 9.72 Å². The van der Waals surface area contributed by atoms with E-state index in [1.165, 1.54) is 7.11 Å². The normalized spacial score (nSPS) is 12.0. The maximum Gasteiger partial charge on any atom is 0.339 e. The number of aromatic nitrogens is 4. The summed E-state index contributed by atoms with van der Waals surface area (Å²) in [7, 11) is 1.29. The van der Waals surface area contributed by atoms with Gasteiger partial charge in [-0.15, -0.1) is 10.2 Å². The molecule has 24 heavy (non-hydrogen) atoms. The monoisotopic (exact) mass is 350 g/mol. The number of thioether (sulfide) groups is 1. The second kappa shape index (κ2) is 7.00. The lowest BCUT2D eigenvalue weighted by molar-refractivity contribution is 0.0599. The lowest BCUT2D eigenvalue weighted by Gasteiger charge is -2.09. The van der Waals surface area contributed by atoms with E-state index in [2.05, 4.69) is 20.2 Å². The van der Waals surface area contributed by atoms with E-state index in [-0.39, 0.29) is 22.2 Å². The number of methoxy groups -OCH3 is 1. The van der Waals surface area contributed by atoms with Crippen molar-refractivity contribution in [3.63, 3.8) is 0 Å². The first-order chi connectivity index (χ1) is 11.3. The summed E-state index contributed by atoms with van der Waals surface area (Å²) in [5, 5.41) is 7.34. The van der Waals surface area contributed by atoms with Gasteiger partial charge in [0.2, 0.25) is 0 Å². The Labute approximate surface area is 142 Å². The van der Waals surface area contributed by atoms with Crippen molar-refractivity contribution in [3.05, 3.63) is 38.6 Å². The highest BCUT2D eigenvalue weighted by Gasteiger charge is 2.26. The third-order valence-electron chi connectivity index (χ3n) is 3.57. The topological polar surface area (TPSA) is 118 Å². The number of ether oxygens (including phenoxy) is 1. The third kappa shape index (κ3) is 3.40. The fourth-order valence-electron chi connectivity index (χ4n) is 2.26. The standard InChI is InChI=1S/C15H18N4O4S/c1-6-10(14(22)23-5)7(2)16-11(6)12(20)9(4)24-15-17-13(21)8(3)18-19-15/h9,16H,1-5H3,(H,17,19,21). The van der Waals surface area contributed by atoms with Crippen LogP contribution < -0.4 is 5.56 Å². The van der Waals surface area contributed by atoms with E-state index < -0.39 is 11.2 Å². The molecule has 0 saturated heterocycles. The molecule has 0 saturated carbocycles. The van der Waals surface area contributed by atoms with Crippen LogP contribution in [0.3, 0.4) is 0 Å². The van der Waals surface area contributed by atoms with Crippen LogP contribution in [0.5, 0.6) is 0 Å². The van der Waals surface area contributed by atoms with Crippen LogP contribution >= 0.6 is 11.8 Å². The number of Topliss-reactive ketones (excluding diaryl/α,β-unsaturated/α-hetero) is 1. The SMILES string of the molecule is COC(=O)c1c(C)[nH]c(C(=O)C(C)Sc2nnc(C)c(=O)[nH]2)c1C. The van der Waals surface area contributed by atoms with E-state index in [1.54, 1.807) is 27.7 Å². The summed E-state index contributed by atoms with van der Waals surface area (Å²) >= 11 is 1.09. The number of carbonyl (C=O) groups is 2. The van der Waals surface area contributed by atoms with E-state index in [0.717, 1.165) is 11.8 Å². The van der Waals surface area contributed by atoms with Crippen LogP contribution in [0.15, 0.2) is 9.95 Å². The predicted molar refractivity (Wildman–Crippen MR) is 88.6 cm³/mol. The Kier molecular flexibility index (Phi) is 5.23. The molecule has 0 fully saturated rings. The fourth-order valence-corrected chi connectivity index (χ4v) is 3.06. The Morgan fingerprint density at radius 2 is 1.83 bits per heavy atom. The van der Waals surface area contributed by atoms with Crippen LogP contribution in [-0.4, -0.2) is 44.3 Å². The van der Waals surface area contributed by atoms with Gasteiger partial charge in [0, 0.05) is 5.69 Å². The number of esters is 1.